The summed E-state index contributed by atoms with van der Waals surface area (Å²) in [5.41, 5.74) is 0.975. The summed E-state index contributed by atoms with van der Waals surface area (Å²) >= 11 is 1.49. The van der Waals surface area contributed by atoms with Gasteiger partial charge in [-0.05, 0) is 24.6 Å². The summed E-state index contributed by atoms with van der Waals surface area (Å²) in [4.78, 5) is 54.3. The van der Waals surface area contributed by atoms with Gasteiger partial charge in [0.25, 0.3) is 11.5 Å². The van der Waals surface area contributed by atoms with Crippen LogP contribution in [0.4, 0.5) is 18.3 Å². The number of amides is 1. The number of carbonyl (C=O) groups is 2. The lowest BCUT2D eigenvalue weighted by molar-refractivity contribution is -0.673. The standard InChI is InChI=1S/C18H19N5O3S.C2HF3O2/c1-2-7-23-16(25)11-4-3-10(8-13(11)21-18(23)26)15(24)22-17-20-12-5-6-19-9-14(12)27-17;3-2(4,5)1(6)7/h3-4,8,19H,2,5-7,9H2,1H3,(H,21,26)(H,20,22,24);(H,6,7). The number of nitrogens with two attached hydrogens (primary N) is 1. The Kier molecular flexibility index (Phi) is 7.51. The molecule has 0 saturated carbocycles. The van der Waals surface area contributed by atoms with Crippen molar-refractivity contribution in [3.8, 4) is 0 Å². The monoisotopic (exact) mass is 499 g/mol. The fourth-order valence-electron chi connectivity index (χ4n) is 3.26. The van der Waals surface area contributed by atoms with Crippen molar-refractivity contribution in [3.63, 3.8) is 0 Å². The molecule has 0 fully saturated rings. The highest BCUT2D eigenvalue weighted by Crippen LogP contribution is 2.24. The van der Waals surface area contributed by atoms with Gasteiger partial charge in [0.1, 0.15) is 12.5 Å². The number of anilines is 1. The number of H-pyrrole nitrogens is 1. The minimum Gasteiger partial charge on any atom is -0.542 e. The maximum Gasteiger partial charge on any atom is 0.430 e. The summed E-state index contributed by atoms with van der Waals surface area (Å²) in [5, 5.41) is 14.8. The zero-order valence-corrected chi connectivity index (χ0v) is 18.6. The average molecular weight is 499 g/mol. The fraction of sp³-hybridized carbons (Fsp3) is 0.350. The number of aromatic nitrogens is 3. The van der Waals surface area contributed by atoms with E-state index in [1.54, 1.807) is 12.1 Å². The number of hydrogen-bond donors (Lipinski definition) is 3. The van der Waals surface area contributed by atoms with Gasteiger partial charge < -0.3 is 20.2 Å². The number of benzene rings is 1. The van der Waals surface area contributed by atoms with E-state index in [1.807, 2.05) is 6.92 Å². The van der Waals surface area contributed by atoms with E-state index in [0.29, 0.717) is 34.6 Å². The van der Waals surface area contributed by atoms with Crippen LogP contribution in [0, 0.1) is 0 Å². The number of quaternary nitrogens is 1. The summed E-state index contributed by atoms with van der Waals surface area (Å²) in [7, 11) is 0. The molecule has 0 saturated heterocycles. The molecule has 3 heterocycles. The van der Waals surface area contributed by atoms with E-state index < -0.39 is 17.8 Å². The number of fused-ring (bicyclic) bond motifs is 2. The third kappa shape index (κ3) is 5.69. The Labute approximate surface area is 193 Å². The van der Waals surface area contributed by atoms with E-state index in [-0.39, 0.29) is 11.5 Å². The molecule has 0 bridgehead atoms. The normalized spacial score (nSPS) is 13.1. The molecule has 0 aliphatic carbocycles. The highest BCUT2D eigenvalue weighted by atomic mass is 32.1. The first kappa shape index (κ1) is 25.1. The van der Waals surface area contributed by atoms with Crippen molar-refractivity contribution >= 4 is 39.2 Å². The second kappa shape index (κ2) is 10.2. The number of hydrogen-bond acceptors (Lipinski definition) is 7. The number of carboxylic acid groups (broad SMARTS) is 1. The largest absolute Gasteiger partial charge is 0.542 e. The van der Waals surface area contributed by atoms with Gasteiger partial charge in [-0.2, -0.15) is 13.2 Å². The molecule has 0 unspecified atom stereocenters. The van der Waals surface area contributed by atoms with Crippen LogP contribution in [-0.4, -0.2) is 39.1 Å². The van der Waals surface area contributed by atoms with Crippen molar-refractivity contribution in [1.29, 1.82) is 0 Å². The SMILES string of the molecule is CCCn1c(=O)[nH]c2cc(C(=O)Nc3nc4c(s3)C[NH2+]CC4)ccc2c1=O.O=C([O-])C(F)(F)F. The van der Waals surface area contributed by atoms with Crippen molar-refractivity contribution in [2.45, 2.75) is 39.0 Å². The van der Waals surface area contributed by atoms with Crippen LogP contribution in [0.2, 0.25) is 0 Å². The highest BCUT2D eigenvalue weighted by molar-refractivity contribution is 7.15. The maximum atomic E-state index is 12.6. The molecule has 34 heavy (non-hydrogen) atoms. The van der Waals surface area contributed by atoms with Crippen molar-refractivity contribution < 1.29 is 33.2 Å². The van der Waals surface area contributed by atoms with Crippen LogP contribution in [0.15, 0.2) is 27.8 Å². The fourth-order valence-corrected chi connectivity index (χ4v) is 4.25. The molecular formula is C20H20F3N5O5S. The predicted molar refractivity (Wildman–Crippen MR) is 114 cm³/mol. The van der Waals surface area contributed by atoms with E-state index >= 15 is 0 Å². The number of aromatic amines is 1. The topological polar surface area (TPSA) is 154 Å². The van der Waals surface area contributed by atoms with Gasteiger partial charge in [0, 0.05) is 18.5 Å². The van der Waals surface area contributed by atoms with Gasteiger partial charge in [-0.15, -0.1) is 0 Å². The summed E-state index contributed by atoms with van der Waals surface area (Å²) in [6.45, 7) is 4.17. The van der Waals surface area contributed by atoms with Gasteiger partial charge in [-0.1, -0.05) is 18.3 Å². The van der Waals surface area contributed by atoms with Gasteiger partial charge in [0.2, 0.25) is 0 Å². The van der Waals surface area contributed by atoms with Crippen LogP contribution < -0.4 is 27.0 Å². The first-order valence-corrected chi connectivity index (χ1v) is 11.0. The minimum absolute atomic E-state index is 0.314. The first-order valence-electron chi connectivity index (χ1n) is 10.2. The molecule has 4 N–H and O–H groups in total. The Morgan fingerprint density at radius 2 is 2.03 bits per heavy atom. The summed E-state index contributed by atoms with van der Waals surface area (Å²) < 4.78 is 32.7. The van der Waals surface area contributed by atoms with Crippen molar-refractivity contribution in [3.05, 3.63) is 55.2 Å². The van der Waals surface area contributed by atoms with Gasteiger partial charge >= 0.3 is 11.9 Å². The highest BCUT2D eigenvalue weighted by Gasteiger charge is 2.28. The Bertz CT molecular complexity index is 1320. The van der Waals surface area contributed by atoms with Crippen LogP contribution in [0.1, 0.15) is 34.3 Å². The third-order valence-corrected chi connectivity index (χ3v) is 5.87. The smallest absolute Gasteiger partial charge is 0.430 e. The number of aliphatic carboxylic acids is 1. The molecule has 0 spiro atoms. The summed E-state index contributed by atoms with van der Waals surface area (Å²) in [6, 6.07) is 4.70. The molecule has 2 aromatic heterocycles. The van der Waals surface area contributed by atoms with E-state index in [1.165, 1.54) is 26.8 Å². The average Bonchev–Trinajstić information content (AvgIpc) is 3.18. The van der Waals surface area contributed by atoms with Gasteiger partial charge in [0.05, 0.1) is 28.0 Å². The first-order chi connectivity index (χ1) is 16.0. The summed E-state index contributed by atoms with van der Waals surface area (Å²) in [6.07, 6.45) is -3.60. The Hall–Kier alpha value is -3.52. The van der Waals surface area contributed by atoms with Crippen molar-refractivity contribution in [2.75, 3.05) is 11.9 Å². The van der Waals surface area contributed by atoms with Gasteiger partial charge in [0.15, 0.2) is 5.13 Å². The molecule has 182 valence electrons. The van der Waals surface area contributed by atoms with Crippen molar-refractivity contribution in [2.24, 2.45) is 0 Å². The third-order valence-electron chi connectivity index (χ3n) is 4.84. The lowest BCUT2D eigenvalue weighted by Crippen LogP contribution is -2.84. The number of nitrogens with zero attached hydrogens (tertiary/aromatic N) is 2. The molecule has 1 aliphatic heterocycles. The number of carbonyl (C=O) groups excluding carboxylic acids is 2. The Morgan fingerprint density at radius 3 is 2.65 bits per heavy atom. The zero-order chi connectivity index (χ0) is 25.0. The van der Waals surface area contributed by atoms with Gasteiger partial charge in [-0.3, -0.25) is 19.5 Å². The molecule has 0 atom stereocenters. The quantitative estimate of drug-likeness (QED) is 0.449. The van der Waals surface area contributed by atoms with E-state index in [9.17, 15) is 27.6 Å². The maximum absolute atomic E-state index is 12.6. The number of halogens is 3. The van der Waals surface area contributed by atoms with Crippen LogP contribution in [0.3, 0.4) is 0 Å². The minimum atomic E-state index is -5.19. The van der Waals surface area contributed by atoms with Crippen LogP contribution >= 0.6 is 11.3 Å². The number of rotatable bonds is 4. The Morgan fingerprint density at radius 1 is 1.32 bits per heavy atom. The number of carboxylic acids is 1. The number of alkyl halides is 3. The van der Waals surface area contributed by atoms with E-state index in [2.05, 4.69) is 20.6 Å². The molecule has 14 heteroatoms. The van der Waals surface area contributed by atoms with Crippen LogP contribution in [-0.2, 0) is 24.3 Å². The van der Waals surface area contributed by atoms with Gasteiger partial charge in [-0.25, -0.2) is 9.78 Å². The molecular weight excluding hydrogens is 479 g/mol. The zero-order valence-electron chi connectivity index (χ0n) is 17.8. The molecule has 4 rings (SSSR count). The van der Waals surface area contributed by atoms with Crippen LogP contribution in [0.25, 0.3) is 10.9 Å². The molecule has 0 radical (unpaired) electrons. The lowest BCUT2D eigenvalue weighted by atomic mass is 10.1. The second-order valence-corrected chi connectivity index (χ2v) is 8.39. The molecule has 1 aromatic carbocycles. The van der Waals surface area contributed by atoms with E-state index in [4.69, 9.17) is 9.90 Å². The molecule has 1 aliphatic rings. The number of nitrogens with one attached hydrogen (secondary N) is 2. The van der Waals surface area contributed by atoms with Crippen molar-refractivity contribution in [1.82, 2.24) is 14.5 Å². The molecule has 1 amide bonds. The second-order valence-electron chi connectivity index (χ2n) is 7.31. The number of thiazole rings is 1. The summed E-state index contributed by atoms with van der Waals surface area (Å²) in [5.74, 6) is -3.32. The molecule has 10 nitrogen and oxygen atoms in total. The van der Waals surface area contributed by atoms with Crippen LogP contribution in [0.5, 0.6) is 0 Å². The van der Waals surface area contributed by atoms with E-state index in [0.717, 1.165) is 25.2 Å². The molecule has 3 aromatic rings. The predicted octanol–water partition coefficient (Wildman–Crippen LogP) is -0.273. The Balaban J connectivity index is 0.000000406. The lowest BCUT2D eigenvalue weighted by Gasteiger charge is -2.06.